The fraction of sp³-hybridized carbons (Fsp3) is 0.633. The van der Waals surface area contributed by atoms with E-state index in [4.69, 9.17) is 11.2 Å². The number of carbonyl (C=O) groups is 3. The van der Waals surface area contributed by atoms with Gasteiger partial charge < -0.3 is 20.3 Å². The smallest absolute Gasteiger partial charge is 0.408 e. The molecular formula is C30H47N3O4. The van der Waals surface area contributed by atoms with Crippen LogP contribution in [-0.2, 0) is 14.3 Å². The van der Waals surface area contributed by atoms with Crippen molar-refractivity contribution in [1.29, 1.82) is 0 Å². The molecule has 7 heteroatoms. The SMILES string of the molecule is C#Cc1ccccc1C(C(=O)NC(C)(C)C)N(CCCCC)C(=O)C(NC(=O)OC(C)(C)C)C(C)CC. The van der Waals surface area contributed by atoms with Crippen LogP contribution in [0.25, 0.3) is 0 Å². The highest BCUT2D eigenvalue weighted by Crippen LogP contribution is 2.28. The molecule has 1 rings (SSSR count). The van der Waals surface area contributed by atoms with Crippen LogP contribution in [0.5, 0.6) is 0 Å². The van der Waals surface area contributed by atoms with E-state index in [0.717, 1.165) is 12.8 Å². The number of hydrogen-bond acceptors (Lipinski definition) is 4. The van der Waals surface area contributed by atoms with Crippen LogP contribution in [0.2, 0.25) is 0 Å². The molecule has 0 aliphatic heterocycles. The van der Waals surface area contributed by atoms with Crippen LogP contribution in [0, 0.1) is 18.3 Å². The Kier molecular flexibility index (Phi) is 12.2. The number of terminal acetylenes is 1. The van der Waals surface area contributed by atoms with Crippen LogP contribution < -0.4 is 10.6 Å². The third kappa shape index (κ3) is 10.5. The molecule has 37 heavy (non-hydrogen) atoms. The summed E-state index contributed by atoms with van der Waals surface area (Å²) in [5, 5.41) is 5.83. The number of amides is 3. The normalized spacial score (nSPS) is 14.1. The molecule has 0 radical (unpaired) electrons. The van der Waals surface area contributed by atoms with E-state index in [1.807, 2.05) is 46.8 Å². The molecule has 3 amide bonds. The monoisotopic (exact) mass is 513 g/mol. The first kappa shape index (κ1) is 32.0. The predicted molar refractivity (Wildman–Crippen MR) is 149 cm³/mol. The van der Waals surface area contributed by atoms with Gasteiger partial charge >= 0.3 is 6.09 Å². The highest BCUT2D eigenvalue weighted by molar-refractivity contribution is 5.93. The molecule has 2 N–H and O–H groups in total. The Hall–Kier alpha value is -3.01. The lowest BCUT2D eigenvalue weighted by Crippen LogP contribution is -2.56. The summed E-state index contributed by atoms with van der Waals surface area (Å²) in [5.74, 6) is 1.82. The number of carbonyl (C=O) groups excluding carboxylic acids is 3. The molecule has 0 bridgehead atoms. The lowest BCUT2D eigenvalue weighted by molar-refractivity contribution is -0.144. The number of alkyl carbamates (subject to hydrolysis) is 1. The Morgan fingerprint density at radius 1 is 1.05 bits per heavy atom. The lowest BCUT2D eigenvalue weighted by Gasteiger charge is -2.37. The van der Waals surface area contributed by atoms with E-state index in [9.17, 15) is 14.4 Å². The maximum absolute atomic E-state index is 14.2. The number of unbranched alkanes of at least 4 members (excludes halogenated alkanes) is 2. The third-order valence-corrected chi connectivity index (χ3v) is 5.91. The van der Waals surface area contributed by atoms with Gasteiger partial charge in [0.15, 0.2) is 0 Å². The van der Waals surface area contributed by atoms with E-state index < -0.39 is 29.3 Å². The molecule has 206 valence electrons. The maximum atomic E-state index is 14.2. The molecule has 7 nitrogen and oxygen atoms in total. The average molecular weight is 514 g/mol. The van der Waals surface area contributed by atoms with Gasteiger partial charge in [-0.25, -0.2) is 4.79 Å². The second-order valence-corrected chi connectivity index (χ2v) is 11.6. The quantitative estimate of drug-likeness (QED) is 0.299. The summed E-state index contributed by atoms with van der Waals surface area (Å²) in [6.07, 6.45) is 8.34. The number of benzene rings is 1. The number of ether oxygens (including phenoxy) is 1. The standard InChI is InChI=1S/C30H47N3O4/c1-11-14-17-20-33(27(35)24(21(4)12-2)31-28(36)37-30(8,9)10)25(26(34)32-29(5,6)7)23-19-16-15-18-22(23)13-3/h3,15-16,18-19,21,24-25H,11-12,14,17,20H2,1-2,4-10H3,(H,31,36)(H,32,34). The molecular weight excluding hydrogens is 466 g/mol. The van der Waals surface area contributed by atoms with E-state index >= 15 is 0 Å². The maximum Gasteiger partial charge on any atom is 0.408 e. The molecule has 0 saturated heterocycles. The Balaban J connectivity index is 3.64. The molecule has 1 aromatic rings. The number of nitrogens with zero attached hydrogens (tertiary/aromatic N) is 1. The third-order valence-electron chi connectivity index (χ3n) is 5.91. The van der Waals surface area contributed by atoms with E-state index in [1.54, 1.807) is 37.8 Å². The van der Waals surface area contributed by atoms with Crippen molar-refractivity contribution in [2.24, 2.45) is 5.92 Å². The molecule has 0 spiro atoms. The zero-order chi connectivity index (χ0) is 28.4. The van der Waals surface area contributed by atoms with Crippen molar-refractivity contribution >= 4 is 17.9 Å². The van der Waals surface area contributed by atoms with Crippen LogP contribution in [0.1, 0.15) is 105 Å². The van der Waals surface area contributed by atoms with E-state index in [-0.39, 0.29) is 17.7 Å². The first-order valence-corrected chi connectivity index (χ1v) is 13.3. The minimum Gasteiger partial charge on any atom is -0.444 e. The summed E-state index contributed by atoms with van der Waals surface area (Å²) in [5.41, 5.74) is -0.111. The van der Waals surface area contributed by atoms with E-state index in [1.165, 1.54) is 0 Å². The minimum atomic E-state index is -0.956. The second kappa shape index (κ2) is 14.1. The van der Waals surface area contributed by atoms with E-state index in [2.05, 4.69) is 23.5 Å². The fourth-order valence-electron chi connectivity index (χ4n) is 3.95. The molecule has 0 aliphatic carbocycles. The number of hydrogen-bond donors (Lipinski definition) is 2. The molecule has 0 aromatic heterocycles. The summed E-state index contributed by atoms with van der Waals surface area (Å²) in [6, 6.07) is 5.36. The Bertz CT molecular complexity index is 953. The summed E-state index contributed by atoms with van der Waals surface area (Å²) in [6.45, 7) is 17.3. The van der Waals surface area contributed by atoms with Gasteiger partial charge in [-0.05, 0) is 65.5 Å². The van der Waals surface area contributed by atoms with Gasteiger partial charge in [0.05, 0.1) is 0 Å². The minimum absolute atomic E-state index is 0.192. The zero-order valence-corrected chi connectivity index (χ0v) is 24.2. The number of nitrogens with one attached hydrogen (secondary N) is 2. The van der Waals surface area contributed by atoms with Gasteiger partial charge in [0, 0.05) is 17.6 Å². The first-order valence-electron chi connectivity index (χ1n) is 13.3. The molecule has 3 unspecified atom stereocenters. The van der Waals surface area contributed by atoms with Gasteiger partial charge in [0.1, 0.15) is 17.7 Å². The Labute approximate surface area is 224 Å². The summed E-state index contributed by atoms with van der Waals surface area (Å²) in [4.78, 5) is 42.4. The van der Waals surface area contributed by atoms with Gasteiger partial charge in [-0.15, -0.1) is 6.42 Å². The van der Waals surface area contributed by atoms with Crippen molar-refractivity contribution in [2.45, 2.75) is 111 Å². The Morgan fingerprint density at radius 2 is 1.68 bits per heavy atom. The van der Waals surface area contributed by atoms with Crippen molar-refractivity contribution in [3.63, 3.8) is 0 Å². The highest BCUT2D eigenvalue weighted by atomic mass is 16.6. The summed E-state index contributed by atoms with van der Waals surface area (Å²) < 4.78 is 5.46. The topological polar surface area (TPSA) is 87.7 Å². The van der Waals surface area contributed by atoms with Gasteiger partial charge in [0.2, 0.25) is 11.8 Å². The summed E-state index contributed by atoms with van der Waals surface area (Å²) in [7, 11) is 0. The predicted octanol–water partition coefficient (Wildman–Crippen LogP) is 5.58. The number of rotatable bonds is 11. The van der Waals surface area contributed by atoms with Crippen LogP contribution in [0.4, 0.5) is 4.79 Å². The van der Waals surface area contributed by atoms with Crippen molar-refractivity contribution in [3.05, 3.63) is 35.4 Å². The second-order valence-electron chi connectivity index (χ2n) is 11.6. The van der Waals surface area contributed by atoms with Gasteiger partial charge in [-0.2, -0.15) is 0 Å². The molecule has 0 saturated carbocycles. The fourth-order valence-corrected chi connectivity index (χ4v) is 3.95. The molecule has 1 aromatic carbocycles. The van der Waals surface area contributed by atoms with Gasteiger partial charge in [-0.1, -0.05) is 64.2 Å². The van der Waals surface area contributed by atoms with Gasteiger partial charge in [0.25, 0.3) is 0 Å². The molecule has 0 fully saturated rings. The molecule has 3 atom stereocenters. The largest absolute Gasteiger partial charge is 0.444 e. The van der Waals surface area contributed by atoms with Crippen LogP contribution in [-0.4, -0.2) is 46.5 Å². The van der Waals surface area contributed by atoms with Crippen molar-refractivity contribution in [3.8, 4) is 12.3 Å². The van der Waals surface area contributed by atoms with Crippen LogP contribution in [0.15, 0.2) is 24.3 Å². The van der Waals surface area contributed by atoms with Crippen LogP contribution in [0.3, 0.4) is 0 Å². The molecule has 0 aliphatic rings. The van der Waals surface area contributed by atoms with Crippen molar-refractivity contribution in [2.75, 3.05) is 6.54 Å². The van der Waals surface area contributed by atoms with Crippen molar-refractivity contribution in [1.82, 2.24) is 15.5 Å². The first-order chi connectivity index (χ1) is 17.1. The Morgan fingerprint density at radius 3 is 2.19 bits per heavy atom. The summed E-state index contributed by atoms with van der Waals surface area (Å²) >= 11 is 0. The lowest BCUT2D eigenvalue weighted by atomic mass is 9.93. The van der Waals surface area contributed by atoms with Gasteiger partial charge in [-0.3, -0.25) is 9.59 Å². The van der Waals surface area contributed by atoms with E-state index in [0.29, 0.717) is 30.5 Å². The average Bonchev–Trinajstić information content (AvgIpc) is 2.79. The molecule has 0 heterocycles. The van der Waals surface area contributed by atoms with Crippen molar-refractivity contribution < 1.29 is 19.1 Å². The zero-order valence-electron chi connectivity index (χ0n) is 24.2. The van der Waals surface area contributed by atoms with Crippen LogP contribution >= 0.6 is 0 Å². The highest BCUT2D eigenvalue weighted by Gasteiger charge is 2.39.